The molecule has 0 aliphatic carbocycles. The van der Waals surface area contributed by atoms with Crippen molar-refractivity contribution in [2.75, 3.05) is 24.7 Å². The Morgan fingerprint density at radius 3 is 2.40 bits per heavy atom. The molecule has 0 radical (unpaired) electrons. The Morgan fingerprint density at radius 1 is 1.33 bits per heavy atom. The Hall–Kier alpha value is -0.260. The van der Waals surface area contributed by atoms with Crippen LogP contribution in [-0.2, 0) is 14.3 Å². The van der Waals surface area contributed by atoms with Crippen molar-refractivity contribution in [3.63, 3.8) is 0 Å². The second-order valence-corrected chi connectivity index (χ2v) is 4.06. The number of hydrogen-bond donors (Lipinski definition) is 1. The molecule has 0 bridgehead atoms. The minimum absolute atomic E-state index is 0.158. The molecule has 0 atom stereocenters. The van der Waals surface area contributed by atoms with Gasteiger partial charge in [0.25, 0.3) is 0 Å². The molecule has 0 aromatic rings. The highest BCUT2D eigenvalue weighted by Gasteiger charge is 2.07. The number of hydrogen-bond acceptors (Lipinski definition) is 4. The molecule has 0 saturated heterocycles. The maximum Gasteiger partial charge on any atom is 0.303 e. The van der Waals surface area contributed by atoms with E-state index in [1.165, 1.54) is 0 Å². The van der Waals surface area contributed by atoms with Gasteiger partial charge in [-0.05, 0) is 26.0 Å². The van der Waals surface area contributed by atoms with Crippen molar-refractivity contribution in [3.05, 3.63) is 0 Å². The zero-order chi connectivity index (χ0) is 11.5. The molecule has 4 nitrogen and oxygen atoms in total. The fraction of sp³-hybridized carbons (Fsp3) is 0.900. The van der Waals surface area contributed by atoms with Gasteiger partial charge in [-0.3, -0.25) is 4.79 Å². The number of carboxylic acid groups (broad SMARTS) is 1. The molecule has 0 fully saturated rings. The molecule has 0 aromatic carbocycles. The van der Waals surface area contributed by atoms with E-state index in [2.05, 4.69) is 0 Å². The first-order valence-electron chi connectivity index (χ1n) is 5.23. The van der Waals surface area contributed by atoms with Crippen LogP contribution >= 0.6 is 11.8 Å². The highest BCUT2D eigenvalue weighted by atomic mass is 32.2. The Bertz CT molecular complexity index is 158. The van der Waals surface area contributed by atoms with Crippen LogP contribution in [0.25, 0.3) is 0 Å². The van der Waals surface area contributed by atoms with Crippen LogP contribution in [0.2, 0.25) is 0 Å². The Morgan fingerprint density at radius 2 is 1.93 bits per heavy atom. The first-order chi connectivity index (χ1) is 7.20. The molecule has 0 aliphatic rings. The fourth-order valence-electron chi connectivity index (χ4n) is 1.02. The molecule has 0 spiro atoms. The predicted molar refractivity (Wildman–Crippen MR) is 61.2 cm³/mol. The van der Waals surface area contributed by atoms with Crippen LogP contribution in [0.4, 0.5) is 0 Å². The number of carboxylic acids is 1. The molecule has 90 valence electrons. The van der Waals surface area contributed by atoms with Gasteiger partial charge in [0.05, 0.1) is 0 Å². The van der Waals surface area contributed by atoms with Crippen molar-refractivity contribution in [3.8, 4) is 0 Å². The van der Waals surface area contributed by atoms with Crippen LogP contribution in [0.5, 0.6) is 0 Å². The number of aliphatic carboxylic acids is 1. The molecule has 0 aliphatic heterocycles. The smallest absolute Gasteiger partial charge is 0.303 e. The van der Waals surface area contributed by atoms with Crippen molar-refractivity contribution >= 4 is 17.7 Å². The van der Waals surface area contributed by atoms with Crippen molar-refractivity contribution in [2.24, 2.45) is 0 Å². The van der Waals surface area contributed by atoms with Gasteiger partial charge in [-0.15, -0.1) is 0 Å². The van der Waals surface area contributed by atoms with E-state index in [1.54, 1.807) is 11.8 Å². The maximum atomic E-state index is 10.2. The van der Waals surface area contributed by atoms with E-state index in [9.17, 15) is 4.79 Å². The molecule has 0 unspecified atom stereocenters. The van der Waals surface area contributed by atoms with Crippen LogP contribution in [-0.4, -0.2) is 42.1 Å². The Labute approximate surface area is 95.3 Å². The van der Waals surface area contributed by atoms with Crippen LogP contribution in [0.1, 0.15) is 26.7 Å². The summed E-state index contributed by atoms with van der Waals surface area (Å²) in [4.78, 5) is 10.2. The van der Waals surface area contributed by atoms with Gasteiger partial charge in [-0.25, -0.2) is 0 Å². The summed E-state index contributed by atoms with van der Waals surface area (Å²) < 4.78 is 10.7. The number of ether oxygens (including phenoxy) is 2. The average Bonchev–Trinajstić information content (AvgIpc) is 2.17. The van der Waals surface area contributed by atoms with E-state index in [1.807, 2.05) is 13.8 Å². The molecular weight excluding hydrogens is 216 g/mol. The van der Waals surface area contributed by atoms with E-state index >= 15 is 0 Å². The van der Waals surface area contributed by atoms with Gasteiger partial charge in [-0.1, -0.05) is 0 Å². The highest BCUT2D eigenvalue weighted by molar-refractivity contribution is 7.99. The molecule has 5 heteroatoms. The third kappa shape index (κ3) is 10.0. The van der Waals surface area contributed by atoms with Crippen LogP contribution in [0.15, 0.2) is 0 Å². The summed E-state index contributed by atoms with van der Waals surface area (Å²) in [5.41, 5.74) is 0. The second-order valence-electron chi connectivity index (χ2n) is 2.91. The van der Waals surface area contributed by atoms with E-state index in [-0.39, 0.29) is 12.7 Å². The summed E-state index contributed by atoms with van der Waals surface area (Å²) in [5, 5.41) is 8.43. The topological polar surface area (TPSA) is 55.8 Å². The molecule has 0 saturated carbocycles. The first-order valence-corrected chi connectivity index (χ1v) is 6.38. The average molecular weight is 236 g/mol. The van der Waals surface area contributed by atoms with Crippen molar-refractivity contribution in [2.45, 2.75) is 33.0 Å². The first kappa shape index (κ1) is 14.7. The van der Waals surface area contributed by atoms with Gasteiger partial charge in [0.1, 0.15) is 0 Å². The maximum absolute atomic E-state index is 10.2. The normalized spacial score (nSPS) is 10.9. The Balaban J connectivity index is 3.39. The minimum Gasteiger partial charge on any atom is -0.481 e. The van der Waals surface area contributed by atoms with E-state index in [4.69, 9.17) is 14.6 Å². The third-order valence-electron chi connectivity index (χ3n) is 1.64. The number of thioether (sulfide) groups is 1. The van der Waals surface area contributed by atoms with Crippen LogP contribution in [0.3, 0.4) is 0 Å². The molecule has 0 rings (SSSR count). The molecular formula is C10H20O4S. The molecule has 15 heavy (non-hydrogen) atoms. The lowest BCUT2D eigenvalue weighted by Gasteiger charge is -2.16. The van der Waals surface area contributed by atoms with Gasteiger partial charge in [0.2, 0.25) is 0 Å². The number of carbonyl (C=O) groups is 1. The summed E-state index contributed by atoms with van der Waals surface area (Å²) >= 11 is 1.67. The van der Waals surface area contributed by atoms with Gasteiger partial charge in [0.15, 0.2) is 6.29 Å². The van der Waals surface area contributed by atoms with Crippen LogP contribution in [0, 0.1) is 0 Å². The molecule has 0 amide bonds. The second kappa shape index (κ2) is 10.3. The van der Waals surface area contributed by atoms with Gasteiger partial charge < -0.3 is 14.6 Å². The largest absolute Gasteiger partial charge is 0.481 e. The van der Waals surface area contributed by atoms with Crippen molar-refractivity contribution in [1.29, 1.82) is 0 Å². The van der Waals surface area contributed by atoms with Crippen molar-refractivity contribution in [1.82, 2.24) is 0 Å². The zero-order valence-corrected chi connectivity index (χ0v) is 10.2. The van der Waals surface area contributed by atoms with E-state index < -0.39 is 5.97 Å². The molecule has 1 N–H and O–H groups in total. The Kier molecular flexibility index (Phi) is 10.1. The lowest BCUT2D eigenvalue weighted by molar-refractivity contribution is -0.137. The zero-order valence-electron chi connectivity index (χ0n) is 9.40. The number of rotatable bonds is 10. The van der Waals surface area contributed by atoms with E-state index in [0.29, 0.717) is 19.6 Å². The fourth-order valence-corrected chi connectivity index (χ4v) is 1.92. The summed E-state index contributed by atoms with van der Waals surface area (Å²) in [7, 11) is 0. The lowest BCUT2D eigenvalue weighted by atomic mass is 10.3. The summed E-state index contributed by atoms with van der Waals surface area (Å²) in [5.74, 6) is 0.867. The SMILES string of the molecule is CCOC(CSCCCC(=O)O)OCC. The monoisotopic (exact) mass is 236 g/mol. The van der Waals surface area contributed by atoms with Gasteiger partial charge in [0, 0.05) is 25.4 Å². The third-order valence-corrected chi connectivity index (χ3v) is 2.72. The van der Waals surface area contributed by atoms with Gasteiger partial charge in [-0.2, -0.15) is 11.8 Å². The molecule has 0 heterocycles. The summed E-state index contributed by atoms with van der Waals surface area (Å²) in [6.45, 7) is 5.14. The summed E-state index contributed by atoms with van der Waals surface area (Å²) in [6.07, 6.45) is 0.779. The lowest BCUT2D eigenvalue weighted by Crippen LogP contribution is -2.20. The molecule has 0 aromatic heterocycles. The van der Waals surface area contributed by atoms with Gasteiger partial charge >= 0.3 is 5.97 Å². The van der Waals surface area contributed by atoms with Crippen LogP contribution < -0.4 is 0 Å². The van der Waals surface area contributed by atoms with Crippen molar-refractivity contribution < 1.29 is 19.4 Å². The highest BCUT2D eigenvalue weighted by Crippen LogP contribution is 2.09. The standard InChI is InChI=1S/C10H20O4S/c1-3-13-10(14-4-2)8-15-7-5-6-9(11)12/h10H,3-8H2,1-2H3,(H,11,12). The predicted octanol–water partition coefficient (Wildman–Crippen LogP) is 1.98. The minimum atomic E-state index is -0.734. The quantitative estimate of drug-likeness (QED) is 0.464. The van der Waals surface area contributed by atoms with E-state index in [0.717, 1.165) is 11.5 Å². The summed E-state index contributed by atoms with van der Waals surface area (Å²) in [6, 6.07) is 0.